The van der Waals surface area contributed by atoms with Crippen LogP contribution in [-0.2, 0) is 11.2 Å². The lowest BCUT2D eigenvalue weighted by molar-refractivity contribution is -0.116. The quantitative estimate of drug-likeness (QED) is 0.444. The predicted molar refractivity (Wildman–Crippen MR) is 124 cm³/mol. The third kappa shape index (κ3) is 3.70. The Morgan fingerprint density at radius 1 is 1.21 bits per heavy atom. The van der Waals surface area contributed by atoms with Gasteiger partial charge in [-0.2, -0.15) is 9.78 Å². The lowest BCUT2D eigenvalue weighted by atomic mass is 10.1. The predicted octanol–water partition coefficient (Wildman–Crippen LogP) is 3.97. The maximum Gasteiger partial charge on any atom is 0.192 e. The molecule has 0 aliphatic carbocycles. The first-order valence-corrected chi connectivity index (χ1v) is 11.4. The van der Waals surface area contributed by atoms with Crippen molar-refractivity contribution in [3.63, 3.8) is 0 Å². The molecule has 0 saturated carbocycles. The molecule has 0 unspecified atom stereocenters. The number of imidazole rings is 1. The average Bonchev–Trinajstić information content (AvgIpc) is 3.54. The molecule has 33 heavy (non-hydrogen) atoms. The van der Waals surface area contributed by atoms with Gasteiger partial charge in [-0.15, -0.1) is 5.10 Å². The molecule has 5 rings (SSSR count). The topological polar surface area (TPSA) is 90.4 Å². The van der Waals surface area contributed by atoms with Gasteiger partial charge in [-0.05, 0) is 42.8 Å². The minimum atomic E-state index is -0.343. The highest BCUT2D eigenvalue weighted by atomic mass is 32.1. The fourth-order valence-corrected chi connectivity index (χ4v) is 4.80. The molecule has 1 aliphatic heterocycles. The molecule has 1 aliphatic rings. The Kier molecular flexibility index (Phi) is 5.26. The van der Waals surface area contributed by atoms with E-state index in [0.29, 0.717) is 58.7 Å². The highest BCUT2D eigenvalue weighted by Crippen LogP contribution is 2.36. The number of aromatic nitrogens is 4. The van der Waals surface area contributed by atoms with Gasteiger partial charge in [-0.25, -0.2) is 14.4 Å². The Morgan fingerprint density at radius 3 is 2.67 bits per heavy atom. The van der Waals surface area contributed by atoms with Crippen molar-refractivity contribution in [2.45, 2.75) is 19.8 Å². The second-order valence-electron chi connectivity index (χ2n) is 7.76. The second kappa shape index (κ2) is 8.26. The van der Waals surface area contributed by atoms with Gasteiger partial charge in [-0.1, -0.05) is 18.3 Å². The van der Waals surface area contributed by atoms with Gasteiger partial charge in [0.15, 0.2) is 22.4 Å². The zero-order chi connectivity index (χ0) is 23.1. The van der Waals surface area contributed by atoms with Crippen LogP contribution in [0.4, 0.5) is 21.2 Å². The number of ketones is 1. The van der Waals surface area contributed by atoms with Gasteiger partial charge in [0, 0.05) is 25.6 Å². The summed E-state index contributed by atoms with van der Waals surface area (Å²) in [4.78, 5) is 25.5. The van der Waals surface area contributed by atoms with E-state index in [2.05, 4.69) is 6.07 Å². The van der Waals surface area contributed by atoms with E-state index in [4.69, 9.17) is 15.1 Å². The van der Waals surface area contributed by atoms with Crippen LogP contribution in [0.25, 0.3) is 16.9 Å². The van der Waals surface area contributed by atoms with Crippen LogP contribution in [0.1, 0.15) is 23.9 Å². The van der Waals surface area contributed by atoms with E-state index in [1.165, 1.54) is 23.5 Å². The number of Topliss-reactive ketones (excluding diaryl/α,β-unsaturated/α-hetero) is 1. The lowest BCUT2D eigenvalue weighted by Crippen LogP contribution is -2.22. The average molecular weight is 462 g/mol. The van der Waals surface area contributed by atoms with Crippen LogP contribution < -0.4 is 9.80 Å². The summed E-state index contributed by atoms with van der Waals surface area (Å²) in [6, 6.07) is 11.9. The summed E-state index contributed by atoms with van der Waals surface area (Å²) < 4.78 is 15.1. The van der Waals surface area contributed by atoms with E-state index in [9.17, 15) is 14.4 Å². The number of nitrogens with zero attached hydrogens (tertiary/aromatic N) is 7. The molecule has 4 aromatic rings. The largest absolute Gasteiger partial charge is 0.347 e. The molecule has 4 heterocycles. The van der Waals surface area contributed by atoms with Crippen LogP contribution in [0.15, 0.2) is 36.4 Å². The molecule has 0 atom stereocenters. The van der Waals surface area contributed by atoms with E-state index >= 15 is 0 Å². The standard InChI is InChI=1S/C23H20FN7OS/c1-3-17-22(31-19(26-17)8-9-20(28-31)30-11-10-16(32)13-30)29(2)23-27-21(18(12-25)33-23)14-4-6-15(24)7-5-14/h4-9H,3,10-11,13H2,1-2H3. The number of carbonyl (C=O) groups excluding carboxylic acids is 1. The van der Waals surface area contributed by atoms with Crippen molar-refractivity contribution in [3.05, 3.63) is 52.8 Å². The molecule has 3 aromatic heterocycles. The monoisotopic (exact) mass is 461 g/mol. The number of fused-ring (bicyclic) bond motifs is 1. The van der Waals surface area contributed by atoms with Crippen molar-refractivity contribution < 1.29 is 9.18 Å². The Balaban J connectivity index is 1.59. The molecule has 1 fully saturated rings. The number of thiazole rings is 1. The zero-order valence-corrected chi connectivity index (χ0v) is 18.9. The molecule has 0 radical (unpaired) electrons. The first-order valence-electron chi connectivity index (χ1n) is 10.5. The minimum Gasteiger partial charge on any atom is -0.347 e. The number of anilines is 3. The number of hydrogen-bond acceptors (Lipinski definition) is 8. The van der Waals surface area contributed by atoms with E-state index < -0.39 is 0 Å². The van der Waals surface area contributed by atoms with Gasteiger partial charge in [0.2, 0.25) is 0 Å². The van der Waals surface area contributed by atoms with E-state index in [1.54, 1.807) is 16.6 Å². The first kappa shape index (κ1) is 21.0. The van der Waals surface area contributed by atoms with Crippen molar-refractivity contribution >= 4 is 39.5 Å². The molecule has 0 bridgehead atoms. The van der Waals surface area contributed by atoms with Gasteiger partial charge < -0.3 is 9.80 Å². The molecule has 166 valence electrons. The highest BCUT2D eigenvalue weighted by molar-refractivity contribution is 7.16. The van der Waals surface area contributed by atoms with Crippen LogP contribution >= 0.6 is 11.3 Å². The summed E-state index contributed by atoms with van der Waals surface area (Å²) in [5, 5.41) is 15.1. The van der Waals surface area contributed by atoms with Crippen LogP contribution in [-0.4, -0.2) is 45.5 Å². The Hall–Kier alpha value is -3.84. The summed E-state index contributed by atoms with van der Waals surface area (Å²) in [5.41, 5.74) is 2.73. The fraction of sp³-hybridized carbons (Fsp3) is 0.261. The number of rotatable bonds is 5. The Bertz CT molecular complexity index is 1400. The van der Waals surface area contributed by atoms with E-state index in [-0.39, 0.29) is 11.6 Å². The SMILES string of the molecule is CCc1nc2ccc(N3CCC(=O)C3)nn2c1N(C)c1nc(-c2ccc(F)cc2)c(C#N)s1. The molecular formula is C23H20FN7OS. The van der Waals surface area contributed by atoms with E-state index in [0.717, 1.165) is 11.5 Å². The molecule has 1 saturated heterocycles. The van der Waals surface area contributed by atoms with Crippen molar-refractivity contribution in [2.24, 2.45) is 0 Å². The lowest BCUT2D eigenvalue weighted by Gasteiger charge is -2.18. The van der Waals surface area contributed by atoms with Gasteiger partial charge in [0.1, 0.15) is 28.3 Å². The Morgan fingerprint density at radius 2 is 2.00 bits per heavy atom. The molecule has 8 nitrogen and oxygen atoms in total. The van der Waals surface area contributed by atoms with Crippen molar-refractivity contribution in [1.82, 2.24) is 19.6 Å². The molecule has 1 aromatic carbocycles. The van der Waals surface area contributed by atoms with Crippen molar-refractivity contribution in [1.29, 1.82) is 5.26 Å². The normalized spacial score (nSPS) is 13.6. The van der Waals surface area contributed by atoms with Crippen LogP contribution in [0, 0.1) is 17.1 Å². The van der Waals surface area contributed by atoms with Crippen molar-refractivity contribution in [2.75, 3.05) is 29.9 Å². The summed E-state index contributed by atoms with van der Waals surface area (Å²) in [7, 11) is 1.87. The van der Waals surface area contributed by atoms with Gasteiger partial charge in [0.25, 0.3) is 0 Å². The fourth-order valence-electron chi connectivity index (χ4n) is 3.95. The van der Waals surface area contributed by atoms with E-state index in [1.807, 2.05) is 35.9 Å². The maximum atomic E-state index is 13.4. The third-order valence-electron chi connectivity index (χ3n) is 5.64. The number of nitriles is 1. The van der Waals surface area contributed by atoms with Gasteiger partial charge >= 0.3 is 0 Å². The summed E-state index contributed by atoms with van der Waals surface area (Å²) in [6.07, 6.45) is 1.21. The minimum absolute atomic E-state index is 0.203. The van der Waals surface area contributed by atoms with Crippen molar-refractivity contribution in [3.8, 4) is 17.3 Å². The van der Waals surface area contributed by atoms with Gasteiger partial charge in [-0.3, -0.25) is 4.79 Å². The Labute approximate surface area is 193 Å². The molecule has 10 heteroatoms. The third-order valence-corrected chi connectivity index (χ3v) is 6.67. The number of hydrogen-bond donors (Lipinski definition) is 0. The summed E-state index contributed by atoms with van der Waals surface area (Å²) in [5.74, 6) is 1.33. The number of benzene rings is 1. The summed E-state index contributed by atoms with van der Waals surface area (Å²) in [6.45, 7) is 3.03. The molecular weight excluding hydrogens is 441 g/mol. The molecule has 0 amide bonds. The molecule has 0 spiro atoms. The number of aryl methyl sites for hydroxylation is 1. The molecule has 0 N–H and O–H groups in total. The summed E-state index contributed by atoms with van der Waals surface area (Å²) >= 11 is 1.26. The van der Waals surface area contributed by atoms with Crippen LogP contribution in [0.2, 0.25) is 0 Å². The van der Waals surface area contributed by atoms with Gasteiger partial charge in [0.05, 0.1) is 12.2 Å². The van der Waals surface area contributed by atoms with Crippen LogP contribution in [0.3, 0.4) is 0 Å². The maximum absolute atomic E-state index is 13.4. The van der Waals surface area contributed by atoms with Crippen LogP contribution in [0.5, 0.6) is 0 Å². The number of halogens is 1. The second-order valence-corrected chi connectivity index (χ2v) is 8.74. The highest BCUT2D eigenvalue weighted by Gasteiger charge is 2.25. The number of carbonyl (C=O) groups is 1. The zero-order valence-electron chi connectivity index (χ0n) is 18.1. The smallest absolute Gasteiger partial charge is 0.192 e. The first-order chi connectivity index (χ1) is 16.0.